The Balaban J connectivity index is 3.29. The van der Waals surface area contributed by atoms with Gasteiger partial charge < -0.3 is 0 Å². The van der Waals surface area contributed by atoms with Crippen molar-refractivity contribution in [2.24, 2.45) is 0 Å². The molecular formula is C7H6F2S2. The lowest BCUT2D eigenvalue weighted by Gasteiger charge is -2.01. The fourth-order valence-electron chi connectivity index (χ4n) is 0.715. The van der Waals surface area contributed by atoms with Crippen molar-refractivity contribution in [1.82, 2.24) is 0 Å². The highest BCUT2D eigenvalue weighted by Gasteiger charge is 2.09. The van der Waals surface area contributed by atoms with E-state index in [2.05, 4.69) is 11.7 Å². The molecule has 1 rings (SSSR count). The van der Waals surface area contributed by atoms with Crippen LogP contribution in [0.15, 0.2) is 17.0 Å². The molecule has 60 valence electrons. The maximum atomic E-state index is 13.0. The Morgan fingerprint density at radius 1 is 1.36 bits per heavy atom. The van der Waals surface area contributed by atoms with Gasteiger partial charge in [-0.25, -0.2) is 8.78 Å². The monoisotopic (exact) mass is 192 g/mol. The molecule has 0 amide bonds. The van der Waals surface area contributed by atoms with Crippen LogP contribution in [0.1, 0.15) is 5.56 Å². The summed E-state index contributed by atoms with van der Waals surface area (Å²) in [4.78, 5) is -0.0340. The van der Waals surface area contributed by atoms with Crippen LogP contribution in [0.3, 0.4) is 0 Å². The summed E-state index contributed by atoms with van der Waals surface area (Å²) in [6.07, 6.45) is 0. The predicted octanol–water partition coefficient (Wildman–Crippen LogP) is 3.21. The van der Waals surface area contributed by atoms with Gasteiger partial charge in [0.15, 0.2) is 0 Å². The Bertz CT molecular complexity index is 273. The summed E-state index contributed by atoms with van der Waals surface area (Å²) in [5.74, 6) is -1.09. The van der Waals surface area contributed by atoms with E-state index in [1.807, 2.05) is 0 Å². The number of halogens is 2. The van der Waals surface area contributed by atoms with Crippen LogP contribution < -0.4 is 0 Å². The highest BCUT2D eigenvalue weighted by Crippen LogP contribution is 2.28. The lowest BCUT2D eigenvalue weighted by atomic mass is 10.2. The number of hydrogen-bond acceptors (Lipinski definition) is 2. The summed E-state index contributed by atoms with van der Waals surface area (Å²) in [6, 6.07) is 2.63. The van der Waals surface area contributed by atoms with Crippen molar-refractivity contribution in [3.05, 3.63) is 29.3 Å². The Kier molecular flexibility index (Phi) is 2.78. The molecule has 0 atom stereocenters. The van der Waals surface area contributed by atoms with Gasteiger partial charge in [-0.15, -0.1) is 11.7 Å². The first-order chi connectivity index (χ1) is 5.16. The summed E-state index contributed by atoms with van der Waals surface area (Å²) in [5.41, 5.74) is 0.433. The van der Waals surface area contributed by atoms with Gasteiger partial charge in [0, 0.05) is 0 Å². The molecule has 0 spiro atoms. The quantitative estimate of drug-likeness (QED) is 0.526. The van der Waals surface area contributed by atoms with Crippen LogP contribution in [0.2, 0.25) is 0 Å². The van der Waals surface area contributed by atoms with Gasteiger partial charge in [0.2, 0.25) is 0 Å². The molecule has 4 heteroatoms. The van der Waals surface area contributed by atoms with Gasteiger partial charge in [0.1, 0.15) is 11.6 Å². The van der Waals surface area contributed by atoms with E-state index >= 15 is 0 Å². The van der Waals surface area contributed by atoms with Crippen molar-refractivity contribution in [2.45, 2.75) is 11.8 Å². The average Bonchev–Trinajstić information content (AvgIpc) is 1.99. The molecule has 0 aliphatic heterocycles. The maximum absolute atomic E-state index is 13.0. The topological polar surface area (TPSA) is 0 Å². The molecule has 0 radical (unpaired) electrons. The highest BCUT2D eigenvalue weighted by atomic mass is 33.1. The van der Waals surface area contributed by atoms with Crippen molar-refractivity contribution in [1.29, 1.82) is 0 Å². The molecule has 0 aliphatic carbocycles. The minimum absolute atomic E-state index is 0.0340. The number of aryl methyl sites for hydroxylation is 1. The second-order valence-electron chi connectivity index (χ2n) is 2.10. The fourth-order valence-corrected chi connectivity index (χ4v) is 1.61. The third-order valence-electron chi connectivity index (χ3n) is 1.33. The van der Waals surface area contributed by atoms with Crippen LogP contribution in [0.4, 0.5) is 8.78 Å². The lowest BCUT2D eigenvalue weighted by Crippen LogP contribution is -1.88. The van der Waals surface area contributed by atoms with E-state index in [1.165, 1.54) is 12.1 Å². The first-order valence-electron chi connectivity index (χ1n) is 2.93. The first-order valence-corrected chi connectivity index (χ1v) is 4.79. The minimum Gasteiger partial charge on any atom is -0.206 e. The van der Waals surface area contributed by atoms with Crippen LogP contribution >= 0.6 is 22.5 Å². The van der Waals surface area contributed by atoms with E-state index in [4.69, 9.17) is 0 Å². The van der Waals surface area contributed by atoms with Crippen molar-refractivity contribution >= 4 is 22.5 Å². The van der Waals surface area contributed by atoms with Crippen molar-refractivity contribution < 1.29 is 8.78 Å². The minimum atomic E-state index is -0.562. The molecular weight excluding hydrogens is 186 g/mol. The van der Waals surface area contributed by atoms with E-state index in [-0.39, 0.29) is 4.90 Å². The molecule has 0 heterocycles. The van der Waals surface area contributed by atoms with Crippen LogP contribution in [-0.4, -0.2) is 0 Å². The SMILES string of the molecule is Cc1ccc(F)c(SS)c1F. The number of hydrogen-bond donors (Lipinski definition) is 1. The average molecular weight is 192 g/mol. The van der Waals surface area contributed by atoms with Gasteiger partial charge in [-0.1, -0.05) is 16.9 Å². The summed E-state index contributed by atoms with van der Waals surface area (Å²) in [6.45, 7) is 1.59. The Hall–Kier alpha value is -0.220. The van der Waals surface area contributed by atoms with E-state index in [0.29, 0.717) is 5.56 Å². The lowest BCUT2D eigenvalue weighted by molar-refractivity contribution is 0.535. The van der Waals surface area contributed by atoms with Gasteiger partial charge in [0.05, 0.1) is 4.90 Å². The van der Waals surface area contributed by atoms with Crippen LogP contribution in [0.5, 0.6) is 0 Å². The van der Waals surface area contributed by atoms with Crippen LogP contribution in [0.25, 0.3) is 0 Å². The molecule has 0 saturated heterocycles. The number of rotatable bonds is 1. The van der Waals surface area contributed by atoms with Gasteiger partial charge >= 0.3 is 0 Å². The fraction of sp³-hybridized carbons (Fsp3) is 0.143. The van der Waals surface area contributed by atoms with Gasteiger partial charge in [0.25, 0.3) is 0 Å². The predicted molar refractivity (Wildman–Crippen MR) is 45.9 cm³/mol. The van der Waals surface area contributed by atoms with Crippen molar-refractivity contribution in [3.8, 4) is 0 Å². The maximum Gasteiger partial charge on any atom is 0.143 e. The molecule has 1 aromatic rings. The molecule has 0 bridgehead atoms. The molecule has 0 fully saturated rings. The van der Waals surface area contributed by atoms with E-state index < -0.39 is 11.6 Å². The molecule has 11 heavy (non-hydrogen) atoms. The van der Waals surface area contributed by atoms with Crippen LogP contribution in [-0.2, 0) is 0 Å². The van der Waals surface area contributed by atoms with Crippen LogP contribution in [0, 0.1) is 18.6 Å². The van der Waals surface area contributed by atoms with Crippen molar-refractivity contribution in [2.75, 3.05) is 0 Å². The normalized spacial score (nSPS) is 10.2. The summed E-state index contributed by atoms with van der Waals surface area (Å²) >= 11 is 3.73. The Labute approximate surface area is 72.8 Å². The van der Waals surface area contributed by atoms with E-state index in [1.54, 1.807) is 6.92 Å². The van der Waals surface area contributed by atoms with Gasteiger partial charge in [-0.05, 0) is 18.6 Å². The molecule has 0 aliphatic rings. The standard InChI is InChI=1S/C7H6F2S2/c1-4-2-3-5(8)7(11-10)6(4)9/h2-3,10H,1H3. The molecule has 0 saturated carbocycles. The number of benzene rings is 1. The zero-order valence-electron chi connectivity index (χ0n) is 5.77. The molecule has 0 aromatic heterocycles. The zero-order valence-corrected chi connectivity index (χ0v) is 7.48. The Morgan fingerprint density at radius 3 is 2.45 bits per heavy atom. The number of thiol groups is 1. The molecule has 0 nitrogen and oxygen atoms in total. The van der Waals surface area contributed by atoms with Gasteiger partial charge in [-0.3, -0.25) is 0 Å². The Morgan fingerprint density at radius 2 is 2.00 bits per heavy atom. The van der Waals surface area contributed by atoms with Crippen molar-refractivity contribution in [3.63, 3.8) is 0 Å². The van der Waals surface area contributed by atoms with E-state index in [9.17, 15) is 8.78 Å². The summed E-state index contributed by atoms with van der Waals surface area (Å²) in [5, 5.41) is 0. The third kappa shape index (κ3) is 1.68. The van der Waals surface area contributed by atoms with E-state index in [0.717, 1.165) is 10.8 Å². The summed E-state index contributed by atoms with van der Waals surface area (Å²) < 4.78 is 25.7. The third-order valence-corrected chi connectivity index (χ3v) is 2.44. The highest BCUT2D eigenvalue weighted by molar-refractivity contribution is 8.68. The summed E-state index contributed by atoms with van der Waals surface area (Å²) in [7, 11) is 0.781. The smallest absolute Gasteiger partial charge is 0.143 e. The van der Waals surface area contributed by atoms with Gasteiger partial charge in [-0.2, -0.15) is 0 Å². The second-order valence-corrected chi connectivity index (χ2v) is 3.24. The molecule has 1 aromatic carbocycles. The largest absolute Gasteiger partial charge is 0.206 e. The first kappa shape index (κ1) is 8.87. The second kappa shape index (κ2) is 3.45. The molecule has 0 N–H and O–H groups in total. The zero-order chi connectivity index (χ0) is 8.43. The molecule has 0 unspecified atom stereocenters.